The Morgan fingerprint density at radius 2 is 1.77 bits per heavy atom. The number of nitrogens with one attached hydrogen (secondary N) is 1. The van der Waals surface area contributed by atoms with Gasteiger partial charge in [-0.2, -0.15) is 0 Å². The lowest BCUT2D eigenvalue weighted by molar-refractivity contribution is -0.117. The molecule has 4 nitrogen and oxygen atoms in total. The Bertz CT molecular complexity index is 890. The number of pyridine rings is 1. The number of carbonyl (C=O) groups excluding carboxylic acids is 1. The van der Waals surface area contributed by atoms with Gasteiger partial charge in [0, 0.05) is 37.1 Å². The molecule has 0 spiro atoms. The summed E-state index contributed by atoms with van der Waals surface area (Å²) in [6.45, 7) is 3.33. The Labute approximate surface area is 182 Å². The second kappa shape index (κ2) is 10.1. The van der Waals surface area contributed by atoms with E-state index in [0.717, 1.165) is 45.0 Å². The van der Waals surface area contributed by atoms with Crippen molar-refractivity contribution >= 4 is 12.0 Å². The van der Waals surface area contributed by atoms with Crippen LogP contribution in [0.15, 0.2) is 48.8 Å². The van der Waals surface area contributed by atoms with Gasteiger partial charge < -0.3 is 10.2 Å². The number of aromatic nitrogens is 1. The first-order valence-electron chi connectivity index (χ1n) is 11.1. The van der Waals surface area contributed by atoms with Crippen molar-refractivity contribution in [1.82, 2.24) is 15.2 Å². The molecule has 1 aliphatic carbocycles. The van der Waals surface area contributed by atoms with E-state index in [4.69, 9.17) is 0 Å². The van der Waals surface area contributed by atoms with Crippen molar-refractivity contribution in [1.29, 1.82) is 0 Å². The summed E-state index contributed by atoms with van der Waals surface area (Å²) in [5, 5.41) is 3.04. The summed E-state index contributed by atoms with van der Waals surface area (Å²) >= 11 is 0. The lowest BCUT2D eigenvalue weighted by Crippen LogP contribution is -2.37. The molecular weight excluding hydrogens is 396 g/mol. The molecule has 31 heavy (non-hydrogen) atoms. The van der Waals surface area contributed by atoms with Crippen LogP contribution in [0.4, 0.5) is 8.78 Å². The zero-order chi connectivity index (χ0) is 21.6. The van der Waals surface area contributed by atoms with Crippen LogP contribution < -0.4 is 5.32 Å². The molecule has 2 atom stereocenters. The summed E-state index contributed by atoms with van der Waals surface area (Å²) in [7, 11) is 0. The molecule has 0 bridgehead atoms. The summed E-state index contributed by atoms with van der Waals surface area (Å²) in [4.78, 5) is 18.9. The van der Waals surface area contributed by atoms with Gasteiger partial charge in [0.05, 0.1) is 0 Å². The van der Waals surface area contributed by atoms with Gasteiger partial charge in [0.25, 0.3) is 0 Å². The second-order valence-corrected chi connectivity index (χ2v) is 8.78. The molecule has 1 saturated carbocycles. The van der Waals surface area contributed by atoms with E-state index in [1.807, 2.05) is 12.4 Å². The molecule has 0 unspecified atom stereocenters. The SMILES string of the molecule is O=C(C=Cc1cc(F)cc(F)c1)N[C@@H]1CC[C@H](CN2CCC(c3ccncc3)CC2)C1. The largest absolute Gasteiger partial charge is 0.350 e. The van der Waals surface area contributed by atoms with Crippen molar-refractivity contribution in [3.05, 3.63) is 71.6 Å². The van der Waals surface area contributed by atoms with Crippen molar-refractivity contribution in [2.24, 2.45) is 5.92 Å². The minimum atomic E-state index is -0.650. The zero-order valence-electron chi connectivity index (χ0n) is 17.6. The fourth-order valence-corrected chi connectivity index (χ4v) is 4.91. The van der Waals surface area contributed by atoms with Crippen molar-refractivity contribution in [3.63, 3.8) is 0 Å². The predicted molar refractivity (Wildman–Crippen MR) is 117 cm³/mol. The quantitative estimate of drug-likeness (QED) is 0.692. The van der Waals surface area contributed by atoms with Crippen LogP contribution in [0.2, 0.25) is 0 Å². The number of halogens is 2. The number of amides is 1. The van der Waals surface area contributed by atoms with E-state index >= 15 is 0 Å². The minimum Gasteiger partial charge on any atom is -0.350 e. The van der Waals surface area contributed by atoms with Crippen LogP contribution in [0.3, 0.4) is 0 Å². The fourth-order valence-electron chi connectivity index (χ4n) is 4.91. The molecule has 164 valence electrons. The standard InChI is InChI=1S/C25H29F2N3O/c26-22-13-18(14-23(27)16-22)2-4-25(31)29-24-3-1-19(15-24)17-30-11-7-21(8-12-30)20-5-9-28-10-6-20/h2,4-6,9-10,13-14,16,19,21,24H,1,3,7-8,11-12,15,17H2,(H,29,31)/t19-,24+/m0/s1. The molecular formula is C25H29F2N3O. The maximum absolute atomic E-state index is 13.2. The van der Waals surface area contributed by atoms with Crippen LogP contribution in [0.25, 0.3) is 6.08 Å². The average Bonchev–Trinajstić information content (AvgIpc) is 3.19. The lowest BCUT2D eigenvalue weighted by Gasteiger charge is -2.33. The number of hydrogen-bond acceptors (Lipinski definition) is 3. The molecule has 0 radical (unpaired) electrons. The Hall–Kier alpha value is -2.60. The third-order valence-corrected chi connectivity index (χ3v) is 6.48. The van der Waals surface area contributed by atoms with Crippen LogP contribution in [0.5, 0.6) is 0 Å². The van der Waals surface area contributed by atoms with Crippen LogP contribution in [-0.4, -0.2) is 41.5 Å². The summed E-state index contributed by atoms with van der Waals surface area (Å²) in [5.41, 5.74) is 1.74. The van der Waals surface area contributed by atoms with E-state index in [2.05, 4.69) is 27.3 Å². The highest BCUT2D eigenvalue weighted by Crippen LogP contribution is 2.31. The first-order chi connectivity index (χ1) is 15.0. The normalized spacial score (nSPS) is 22.8. The average molecular weight is 426 g/mol. The van der Waals surface area contributed by atoms with Gasteiger partial charge in [-0.3, -0.25) is 9.78 Å². The molecule has 2 aromatic rings. The van der Waals surface area contributed by atoms with Gasteiger partial charge in [-0.25, -0.2) is 8.78 Å². The number of hydrogen-bond donors (Lipinski definition) is 1. The number of piperidine rings is 1. The molecule has 2 heterocycles. The maximum atomic E-state index is 13.2. The van der Waals surface area contributed by atoms with Crippen molar-refractivity contribution in [2.75, 3.05) is 19.6 Å². The topological polar surface area (TPSA) is 45.2 Å². The molecule has 1 N–H and O–H groups in total. The van der Waals surface area contributed by atoms with Gasteiger partial charge in [0.1, 0.15) is 11.6 Å². The van der Waals surface area contributed by atoms with Crippen LogP contribution in [-0.2, 0) is 4.79 Å². The smallest absolute Gasteiger partial charge is 0.244 e. The molecule has 2 fully saturated rings. The van der Waals surface area contributed by atoms with Gasteiger partial charge >= 0.3 is 0 Å². The molecule has 1 saturated heterocycles. The highest BCUT2D eigenvalue weighted by atomic mass is 19.1. The van der Waals surface area contributed by atoms with Gasteiger partial charge in [0.15, 0.2) is 0 Å². The third-order valence-electron chi connectivity index (χ3n) is 6.48. The summed E-state index contributed by atoms with van der Waals surface area (Å²) in [6.07, 6.45) is 12.0. The van der Waals surface area contributed by atoms with Gasteiger partial charge in [0.2, 0.25) is 5.91 Å². The summed E-state index contributed by atoms with van der Waals surface area (Å²) in [6, 6.07) is 7.65. The molecule has 1 aromatic heterocycles. The third kappa shape index (κ3) is 6.20. The Morgan fingerprint density at radius 3 is 2.48 bits per heavy atom. The number of carbonyl (C=O) groups is 1. The van der Waals surface area contributed by atoms with E-state index < -0.39 is 11.6 Å². The van der Waals surface area contributed by atoms with Crippen molar-refractivity contribution in [3.8, 4) is 0 Å². The highest BCUT2D eigenvalue weighted by Gasteiger charge is 2.28. The van der Waals surface area contributed by atoms with Crippen molar-refractivity contribution < 1.29 is 13.6 Å². The number of likely N-dealkylation sites (tertiary alicyclic amines) is 1. The molecule has 4 rings (SSSR count). The first kappa shape index (κ1) is 21.6. The van der Waals surface area contributed by atoms with Crippen molar-refractivity contribution in [2.45, 2.75) is 44.1 Å². The molecule has 1 amide bonds. The minimum absolute atomic E-state index is 0.167. The highest BCUT2D eigenvalue weighted by molar-refractivity contribution is 5.91. The summed E-state index contributed by atoms with van der Waals surface area (Å²) < 4.78 is 26.5. The number of rotatable bonds is 6. The number of nitrogens with zero attached hydrogens (tertiary/aromatic N) is 2. The summed E-state index contributed by atoms with van der Waals surface area (Å²) in [5.74, 6) is -0.280. The van der Waals surface area contributed by atoms with Gasteiger partial charge in [-0.15, -0.1) is 0 Å². The molecule has 1 aromatic carbocycles. The van der Waals surface area contributed by atoms with E-state index in [1.54, 1.807) is 0 Å². The second-order valence-electron chi connectivity index (χ2n) is 8.78. The maximum Gasteiger partial charge on any atom is 0.244 e. The van der Waals surface area contributed by atoms with Crippen LogP contribution in [0, 0.1) is 17.6 Å². The van der Waals surface area contributed by atoms with Gasteiger partial charge in [-0.05, 0) is 98.5 Å². The Morgan fingerprint density at radius 1 is 1.06 bits per heavy atom. The van der Waals surface area contributed by atoms with Gasteiger partial charge in [-0.1, -0.05) is 0 Å². The van der Waals surface area contributed by atoms with E-state index in [0.29, 0.717) is 17.4 Å². The molecule has 2 aliphatic rings. The van der Waals surface area contributed by atoms with E-state index in [1.165, 1.54) is 42.7 Å². The van der Waals surface area contributed by atoms with Crippen LogP contribution >= 0.6 is 0 Å². The van der Waals surface area contributed by atoms with E-state index in [-0.39, 0.29) is 11.9 Å². The monoisotopic (exact) mass is 425 g/mol. The molecule has 6 heteroatoms. The molecule has 1 aliphatic heterocycles. The Kier molecular flexibility index (Phi) is 7.07. The van der Waals surface area contributed by atoms with Crippen LogP contribution in [0.1, 0.15) is 49.1 Å². The predicted octanol–water partition coefficient (Wildman–Crippen LogP) is 4.54. The lowest BCUT2D eigenvalue weighted by atomic mass is 9.89. The number of benzene rings is 1. The zero-order valence-corrected chi connectivity index (χ0v) is 17.6. The van der Waals surface area contributed by atoms with E-state index in [9.17, 15) is 13.6 Å². The fraction of sp³-hybridized carbons (Fsp3) is 0.440. The Balaban J connectivity index is 1.19. The first-order valence-corrected chi connectivity index (χ1v) is 11.1.